The number of benzene rings is 1. The van der Waals surface area contributed by atoms with E-state index < -0.39 is 16.9 Å². The van der Waals surface area contributed by atoms with Crippen molar-refractivity contribution in [3.05, 3.63) is 29.3 Å². The number of aryl methyl sites for hydroxylation is 1. The minimum atomic E-state index is -0.983. The Bertz CT molecular complexity index is 642. The van der Waals surface area contributed by atoms with Gasteiger partial charge in [0.25, 0.3) is 0 Å². The summed E-state index contributed by atoms with van der Waals surface area (Å²) in [5.41, 5.74) is 11.9. The maximum Gasteiger partial charge on any atom is 0.248 e. The lowest BCUT2D eigenvalue weighted by atomic mass is 9.54. The first-order valence-corrected chi connectivity index (χ1v) is 7.76. The van der Waals surface area contributed by atoms with E-state index in [1.165, 1.54) is 0 Å². The topological polar surface area (TPSA) is 107 Å². The van der Waals surface area contributed by atoms with E-state index in [1.54, 1.807) is 25.1 Å². The molecule has 0 bridgehead atoms. The number of nitrogens with two attached hydrogens (primary N) is 2. The Morgan fingerprint density at radius 3 is 2.52 bits per heavy atom. The van der Waals surface area contributed by atoms with Crippen LogP contribution >= 0.6 is 0 Å². The molecule has 2 unspecified atom stereocenters. The van der Waals surface area contributed by atoms with Crippen LogP contribution < -0.4 is 16.8 Å². The summed E-state index contributed by atoms with van der Waals surface area (Å²) in [5, 5.41) is 2.84. The molecule has 6 nitrogen and oxygen atoms in total. The molecule has 2 atom stereocenters. The minimum absolute atomic E-state index is 0.0257. The van der Waals surface area contributed by atoms with Crippen LogP contribution in [0.1, 0.15) is 43.1 Å². The van der Waals surface area contributed by atoms with Gasteiger partial charge in [-0.3, -0.25) is 9.59 Å². The van der Waals surface area contributed by atoms with E-state index in [-0.39, 0.29) is 12.0 Å². The fourth-order valence-electron chi connectivity index (χ4n) is 3.08. The van der Waals surface area contributed by atoms with Crippen LogP contribution in [0.25, 0.3) is 0 Å². The third-order valence-corrected chi connectivity index (χ3v) is 4.98. The molecule has 0 saturated heterocycles. The Morgan fingerprint density at radius 2 is 2.04 bits per heavy atom. The van der Waals surface area contributed by atoms with E-state index in [0.717, 1.165) is 0 Å². The molecule has 126 valence electrons. The molecule has 2 amide bonds. The van der Waals surface area contributed by atoms with Crippen LogP contribution in [0.15, 0.2) is 18.2 Å². The van der Waals surface area contributed by atoms with Crippen LogP contribution in [0.3, 0.4) is 0 Å². The summed E-state index contributed by atoms with van der Waals surface area (Å²) < 4.78 is 5.64. The van der Waals surface area contributed by atoms with E-state index in [2.05, 4.69) is 5.32 Å². The summed E-state index contributed by atoms with van der Waals surface area (Å²) >= 11 is 0. The highest BCUT2D eigenvalue weighted by Gasteiger charge is 2.62. The molecule has 1 aliphatic rings. The summed E-state index contributed by atoms with van der Waals surface area (Å²) in [7, 11) is 0. The number of hydrogen-bond acceptors (Lipinski definition) is 4. The lowest BCUT2D eigenvalue weighted by molar-refractivity contribution is -0.166. The van der Waals surface area contributed by atoms with Gasteiger partial charge < -0.3 is 21.5 Å². The minimum Gasteiger partial charge on any atom is -0.378 e. The van der Waals surface area contributed by atoms with Crippen LogP contribution in [0.5, 0.6) is 0 Å². The Balaban J connectivity index is 2.14. The number of ether oxygens (including phenoxy) is 1. The van der Waals surface area contributed by atoms with Gasteiger partial charge in [0.15, 0.2) is 0 Å². The van der Waals surface area contributed by atoms with Crippen LogP contribution in [-0.2, 0) is 9.53 Å². The number of primary amides is 1. The second kappa shape index (κ2) is 5.94. The molecule has 5 N–H and O–H groups in total. The van der Waals surface area contributed by atoms with E-state index in [1.807, 2.05) is 20.8 Å². The van der Waals surface area contributed by atoms with E-state index >= 15 is 0 Å². The molecule has 0 heterocycles. The SMILES string of the molecule is CCOC1CC(N)(C(=O)Nc2ccc(C(N)=O)c(C)c2)C1(C)C. The van der Waals surface area contributed by atoms with Crippen molar-refractivity contribution in [1.82, 2.24) is 0 Å². The van der Waals surface area contributed by atoms with Crippen LogP contribution in [0, 0.1) is 12.3 Å². The van der Waals surface area contributed by atoms with Crippen molar-refractivity contribution < 1.29 is 14.3 Å². The highest BCUT2D eigenvalue weighted by atomic mass is 16.5. The fourth-order valence-corrected chi connectivity index (χ4v) is 3.08. The normalized spacial score (nSPS) is 25.5. The van der Waals surface area contributed by atoms with Crippen molar-refractivity contribution in [3.63, 3.8) is 0 Å². The molecule has 1 aliphatic carbocycles. The van der Waals surface area contributed by atoms with Crippen LogP contribution in [0.4, 0.5) is 5.69 Å². The molecule has 1 fully saturated rings. The van der Waals surface area contributed by atoms with Crippen molar-refractivity contribution in [2.45, 2.75) is 45.8 Å². The number of hydrogen-bond donors (Lipinski definition) is 3. The molecule has 1 aromatic rings. The van der Waals surface area contributed by atoms with Crippen LogP contribution in [-0.4, -0.2) is 30.1 Å². The zero-order valence-corrected chi connectivity index (χ0v) is 14.1. The van der Waals surface area contributed by atoms with Gasteiger partial charge in [0, 0.05) is 29.7 Å². The summed E-state index contributed by atoms with van der Waals surface area (Å²) in [6.07, 6.45) is 0.458. The second-order valence-corrected chi connectivity index (χ2v) is 6.69. The molecule has 1 aromatic carbocycles. The first-order chi connectivity index (χ1) is 10.6. The van der Waals surface area contributed by atoms with Crippen molar-refractivity contribution in [3.8, 4) is 0 Å². The van der Waals surface area contributed by atoms with Gasteiger partial charge in [-0.25, -0.2) is 0 Å². The number of amides is 2. The van der Waals surface area contributed by atoms with Gasteiger partial charge in [0.2, 0.25) is 11.8 Å². The lowest BCUT2D eigenvalue weighted by Gasteiger charge is -2.57. The molecule has 0 spiro atoms. The van der Waals surface area contributed by atoms with Gasteiger partial charge >= 0.3 is 0 Å². The third kappa shape index (κ3) is 2.84. The quantitative estimate of drug-likeness (QED) is 0.765. The first kappa shape index (κ1) is 17.4. The molecule has 0 aromatic heterocycles. The fraction of sp³-hybridized carbons (Fsp3) is 0.529. The predicted molar refractivity (Wildman–Crippen MR) is 89.1 cm³/mol. The highest BCUT2D eigenvalue weighted by Crippen LogP contribution is 2.50. The van der Waals surface area contributed by atoms with Gasteiger partial charge in [-0.2, -0.15) is 0 Å². The zero-order chi connectivity index (χ0) is 17.4. The smallest absolute Gasteiger partial charge is 0.248 e. The number of carbonyl (C=O) groups excluding carboxylic acids is 2. The first-order valence-electron chi connectivity index (χ1n) is 7.76. The van der Waals surface area contributed by atoms with Crippen LogP contribution in [0.2, 0.25) is 0 Å². The summed E-state index contributed by atoms with van der Waals surface area (Å²) in [6.45, 7) is 8.18. The average molecular weight is 319 g/mol. The second-order valence-electron chi connectivity index (χ2n) is 6.69. The van der Waals surface area contributed by atoms with Crippen molar-refractivity contribution in [2.75, 3.05) is 11.9 Å². The van der Waals surface area contributed by atoms with Gasteiger partial charge in [-0.05, 0) is 37.6 Å². The maximum absolute atomic E-state index is 12.6. The molecule has 2 rings (SSSR count). The van der Waals surface area contributed by atoms with Crippen molar-refractivity contribution >= 4 is 17.5 Å². The molecule has 0 radical (unpaired) electrons. The number of nitrogens with one attached hydrogen (secondary N) is 1. The van der Waals surface area contributed by atoms with E-state index in [4.69, 9.17) is 16.2 Å². The van der Waals surface area contributed by atoms with Crippen molar-refractivity contribution in [2.24, 2.45) is 16.9 Å². The maximum atomic E-state index is 12.6. The molecule has 23 heavy (non-hydrogen) atoms. The van der Waals surface area contributed by atoms with Crippen molar-refractivity contribution in [1.29, 1.82) is 0 Å². The standard InChI is InChI=1S/C17H25N3O3/c1-5-23-13-9-17(19,16(13,3)4)15(22)20-11-6-7-12(14(18)21)10(2)8-11/h6-8,13H,5,9,19H2,1-4H3,(H2,18,21)(H,20,22). The largest absolute Gasteiger partial charge is 0.378 e. The zero-order valence-electron chi connectivity index (χ0n) is 14.1. The van der Waals surface area contributed by atoms with Gasteiger partial charge in [-0.15, -0.1) is 0 Å². The average Bonchev–Trinajstić information content (AvgIpc) is 2.46. The molecule has 0 aliphatic heterocycles. The molecular formula is C17H25N3O3. The number of anilines is 1. The number of carbonyl (C=O) groups is 2. The monoisotopic (exact) mass is 319 g/mol. The third-order valence-electron chi connectivity index (χ3n) is 4.98. The molecule has 6 heteroatoms. The number of rotatable bonds is 5. The summed E-state index contributed by atoms with van der Waals surface area (Å²) in [5.74, 6) is -0.736. The summed E-state index contributed by atoms with van der Waals surface area (Å²) in [4.78, 5) is 23.9. The Kier molecular flexibility index (Phi) is 4.50. The van der Waals surface area contributed by atoms with Gasteiger partial charge in [-0.1, -0.05) is 13.8 Å². The lowest BCUT2D eigenvalue weighted by Crippen LogP contribution is -2.74. The molecular weight excluding hydrogens is 294 g/mol. The Morgan fingerprint density at radius 1 is 1.39 bits per heavy atom. The van der Waals surface area contributed by atoms with Gasteiger partial charge in [0.1, 0.15) is 5.54 Å². The summed E-state index contributed by atoms with van der Waals surface area (Å²) in [6, 6.07) is 4.97. The Labute approximate surface area is 136 Å². The van der Waals surface area contributed by atoms with E-state index in [0.29, 0.717) is 29.8 Å². The molecule has 1 saturated carbocycles. The van der Waals surface area contributed by atoms with E-state index in [9.17, 15) is 9.59 Å². The Hall–Kier alpha value is -1.92. The van der Waals surface area contributed by atoms with Gasteiger partial charge in [0.05, 0.1) is 6.10 Å². The highest BCUT2D eigenvalue weighted by molar-refractivity contribution is 6.00. The predicted octanol–water partition coefficient (Wildman–Crippen LogP) is 1.56.